The van der Waals surface area contributed by atoms with Crippen molar-refractivity contribution in [2.75, 3.05) is 0 Å². The smallest absolute Gasteiger partial charge is 0.205 e. The van der Waals surface area contributed by atoms with Crippen LogP contribution in [0, 0.1) is 5.41 Å². The number of benzene rings is 1. The predicted molar refractivity (Wildman–Crippen MR) is 96.3 cm³/mol. The molecule has 1 aromatic carbocycles. The Morgan fingerprint density at radius 3 is 2.74 bits per heavy atom. The van der Waals surface area contributed by atoms with Crippen molar-refractivity contribution in [1.82, 2.24) is 4.98 Å². The van der Waals surface area contributed by atoms with Gasteiger partial charge in [-0.2, -0.15) is 0 Å². The van der Waals surface area contributed by atoms with Gasteiger partial charge in [0, 0.05) is 11.6 Å². The highest BCUT2D eigenvalue weighted by atomic mass is 28.3. The van der Waals surface area contributed by atoms with E-state index in [1.54, 1.807) is 0 Å². The summed E-state index contributed by atoms with van der Waals surface area (Å²) in [5, 5.41) is 1.11. The highest BCUT2D eigenvalue weighted by Gasteiger charge is 2.37. The minimum Gasteiger partial charge on any atom is -0.487 e. The molecule has 0 saturated carbocycles. The minimum atomic E-state index is -0.775. The topological polar surface area (TPSA) is 31.4 Å². The van der Waals surface area contributed by atoms with E-state index in [2.05, 4.69) is 57.0 Å². The molecule has 2 atom stereocenters. The Hall–Kier alpha value is -1.39. The summed E-state index contributed by atoms with van der Waals surface area (Å²) in [6.07, 6.45) is 4.10. The lowest BCUT2D eigenvalue weighted by atomic mass is 9.83. The monoisotopic (exact) mass is 328 g/mol. The average Bonchev–Trinajstić information content (AvgIpc) is 2.51. The zero-order valence-corrected chi connectivity index (χ0v) is 15.7. The molecule has 1 unspecified atom stereocenters. The summed E-state index contributed by atoms with van der Waals surface area (Å²) < 4.78 is 12.8. The number of hydrogen-bond donors (Lipinski definition) is 0. The van der Waals surface area contributed by atoms with Gasteiger partial charge >= 0.3 is 0 Å². The van der Waals surface area contributed by atoms with Crippen molar-refractivity contribution < 1.29 is 9.16 Å². The third-order valence-electron chi connectivity index (χ3n) is 4.34. The summed E-state index contributed by atoms with van der Waals surface area (Å²) in [4.78, 5) is 4.45. The standard InChI is InChI=1S/C19H26NO2Si/c1-19(2,3)18(22-23(4)5)16-11-9-13-8-10-15-14(17(13)21-16)7-6-12-20-15/h6-8,10,12,16,18H,9,11H2,1-5H3/t16-,18?/m1/s1. The molecule has 0 N–H and O–H groups in total. The molecule has 1 aliphatic heterocycles. The summed E-state index contributed by atoms with van der Waals surface area (Å²) in [5.41, 5.74) is 2.34. The zero-order valence-electron chi connectivity index (χ0n) is 14.7. The normalized spacial score (nSPS) is 19.5. The average molecular weight is 329 g/mol. The minimum absolute atomic E-state index is 0.0624. The number of fused-ring (bicyclic) bond motifs is 3. The Morgan fingerprint density at radius 2 is 2.04 bits per heavy atom. The van der Waals surface area contributed by atoms with Crippen molar-refractivity contribution in [2.45, 2.75) is 58.9 Å². The molecule has 4 heteroatoms. The first-order valence-corrected chi connectivity index (χ1v) is 10.8. The van der Waals surface area contributed by atoms with Crippen molar-refractivity contribution in [2.24, 2.45) is 5.41 Å². The first kappa shape index (κ1) is 16.5. The Kier molecular flexibility index (Phi) is 4.47. The molecule has 0 bridgehead atoms. The van der Waals surface area contributed by atoms with Crippen LogP contribution in [0.15, 0.2) is 30.5 Å². The van der Waals surface area contributed by atoms with E-state index in [-0.39, 0.29) is 17.6 Å². The maximum absolute atomic E-state index is 6.49. The van der Waals surface area contributed by atoms with Gasteiger partial charge in [0.05, 0.1) is 11.6 Å². The van der Waals surface area contributed by atoms with E-state index in [0.29, 0.717) is 0 Å². The van der Waals surface area contributed by atoms with Crippen LogP contribution in [0.2, 0.25) is 13.1 Å². The van der Waals surface area contributed by atoms with Crippen LogP contribution in [-0.2, 0) is 10.8 Å². The van der Waals surface area contributed by atoms with E-state index < -0.39 is 9.04 Å². The van der Waals surface area contributed by atoms with E-state index in [1.165, 1.54) is 5.56 Å². The number of rotatable bonds is 3. The van der Waals surface area contributed by atoms with Gasteiger partial charge in [-0.3, -0.25) is 4.98 Å². The summed E-state index contributed by atoms with van der Waals surface area (Å²) in [6.45, 7) is 11.1. The predicted octanol–water partition coefficient (Wildman–Crippen LogP) is 4.61. The van der Waals surface area contributed by atoms with Gasteiger partial charge in [-0.1, -0.05) is 26.8 Å². The Morgan fingerprint density at radius 1 is 1.26 bits per heavy atom. The third-order valence-corrected chi connectivity index (χ3v) is 5.06. The van der Waals surface area contributed by atoms with Crippen LogP contribution in [-0.4, -0.2) is 26.2 Å². The summed E-state index contributed by atoms with van der Waals surface area (Å²) in [7, 11) is -0.775. The first-order chi connectivity index (χ1) is 10.9. The molecule has 123 valence electrons. The van der Waals surface area contributed by atoms with Crippen LogP contribution in [0.4, 0.5) is 0 Å². The van der Waals surface area contributed by atoms with Crippen molar-refractivity contribution in [3.05, 3.63) is 36.0 Å². The van der Waals surface area contributed by atoms with Crippen molar-refractivity contribution in [3.8, 4) is 5.75 Å². The fourth-order valence-corrected chi connectivity index (χ4v) is 4.31. The highest BCUT2D eigenvalue weighted by molar-refractivity contribution is 6.48. The number of nitrogens with zero attached hydrogens (tertiary/aromatic N) is 1. The van der Waals surface area contributed by atoms with E-state index in [9.17, 15) is 0 Å². The van der Waals surface area contributed by atoms with Crippen molar-refractivity contribution in [1.29, 1.82) is 0 Å². The molecule has 0 spiro atoms. The molecule has 1 radical (unpaired) electrons. The molecular formula is C19H26NO2Si. The van der Waals surface area contributed by atoms with Crippen LogP contribution in [0.25, 0.3) is 10.9 Å². The van der Waals surface area contributed by atoms with Gasteiger partial charge in [-0.05, 0) is 55.1 Å². The van der Waals surface area contributed by atoms with Gasteiger partial charge < -0.3 is 9.16 Å². The fraction of sp³-hybridized carbons (Fsp3) is 0.526. The lowest BCUT2D eigenvalue weighted by Crippen LogP contribution is -2.46. The number of aryl methyl sites for hydroxylation is 1. The lowest BCUT2D eigenvalue weighted by molar-refractivity contribution is -0.0231. The summed E-state index contributed by atoms with van der Waals surface area (Å²) in [5.74, 6) is 1.01. The molecule has 23 heavy (non-hydrogen) atoms. The molecule has 3 nitrogen and oxygen atoms in total. The van der Waals surface area contributed by atoms with Crippen LogP contribution in [0.5, 0.6) is 5.75 Å². The second kappa shape index (κ2) is 6.25. The maximum Gasteiger partial charge on any atom is 0.205 e. The summed E-state index contributed by atoms with van der Waals surface area (Å²) in [6, 6.07) is 8.33. The molecule has 1 aliphatic rings. The van der Waals surface area contributed by atoms with E-state index in [1.807, 2.05) is 12.3 Å². The quantitative estimate of drug-likeness (QED) is 0.771. The molecule has 1 aromatic heterocycles. The number of aromatic nitrogens is 1. The van der Waals surface area contributed by atoms with Gasteiger partial charge in [0.1, 0.15) is 11.9 Å². The van der Waals surface area contributed by atoms with E-state index in [4.69, 9.17) is 9.16 Å². The van der Waals surface area contributed by atoms with Crippen molar-refractivity contribution in [3.63, 3.8) is 0 Å². The van der Waals surface area contributed by atoms with Crippen molar-refractivity contribution >= 4 is 19.9 Å². The van der Waals surface area contributed by atoms with Crippen LogP contribution in [0.3, 0.4) is 0 Å². The molecule has 0 amide bonds. The molecular weight excluding hydrogens is 302 g/mol. The Labute approximate surface area is 140 Å². The van der Waals surface area contributed by atoms with Crippen LogP contribution in [0.1, 0.15) is 32.8 Å². The Bertz CT molecular complexity index is 693. The van der Waals surface area contributed by atoms with E-state index >= 15 is 0 Å². The largest absolute Gasteiger partial charge is 0.487 e. The first-order valence-electron chi connectivity index (χ1n) is 8.36. The zero-order chi connectivity index (χ0) is 16.6. The van der Waals surface area contributed by atoms with Crippen LogP contribution >= 0.6 is 0 Å². The molecule has 0 fully saturated rings. The molecule has 0 saturated heterocycles. The van der Waals surface area contributed by atoms with Gasteiger partial charge in [0.2, 0.25) is 9.04 Å². The van der Waals surface area contributed by atoms with Crippen LogP contribution < -0.4 is 4.74 Å². The number of hydrogen-bond acceptors (Lipinski definition) is 3. The number of pyridine rings is 1. The second-order valence-electron chi connectivity index (χ2n) is 7.63. The second-order valence-corrected chi connectivity index (χ2v) is 9.68. The molecule has 2 aromatic rings. The van der Waals surface area contributed by atoms with Gasteiger partial charge in [-0.15, -0.1) is 0 Å². The molecule has 2 heterocycles. The number of ether oxygens (including phenoxy) is 1. The highest BCUT2D eigenvalue weighted by Crippen LogP contribution is 2.38. The SMILES string of the molecule is C[Si](C)OC([C@H]1CCc2ccc3ncccc3c2O1)C(C)(C)C. The van der Waals surface area contributed by atoms with E-state index in [0.717, 1.165) is 29.5 Å². The Balaban J connectivity index is 1.96. The third kappa shape index (κ3) is 3.43. The lowest BCUT2D eigenvalue weighted by Gasteiger charge is -2.40. The summed E-state index contributed by atoms with van der Waals surface area (Å²) >= 11 is 0. The van der Waals surface area contributed by atoms with Gasteiger partial charge in [0.15, 0.2) is 0 Å². The maximum atomic E-state index is 6.49. The fourth-order valence-electron chi connectivity index (χ4n) is 3.29. The molecule has 0 aliphatic carbocycles. The van der Waals surface area contributed by atoms with Gasteiger partial charge in [0.25, 0.3) is 0 Å². The van der Waals surface area contributed by atoms with Gasteiger partial charge in [-0.25, -0.2) is 0 Å². The molecule has 3 rings (SSSR count).